The largest absolute Gasteiger partial charge is 0.451 e. The Balaban J connectivity index is 2.44. The van der Waals surface area contributed by atoms with Crippen LogP contribution in [-0.4, -0.2) is 9.97 Å². The van der Waals surface area contributed by atoms with Crippen LogP contribution >= 0.6 is 0 Å². The number of rotatable bonds is 0. The molecule has 0 fully saturated rings. The normalized spacial score (nSPS) is 21.2. The maximum absolute atomic E-state index is 12.3. The van der Waals surface area contributed by atoms with Gasteiger partial charge in [-0.1, -0.05) is 0 Å². The molecule has 1 aliphatic rings. The van der Waals surface area contributed by atoms with Gasteiger partial charge >= 0.3 is 6.18 Å². The average molecular weight is 217 g/mol. The maximum atomic E-state index is 12.3. The Morgan fingerprint density at radius 3 is 2.80 bits per heavy atom. The van der Waals surface area contributed by atoms with Crippen molar-refractivity contribution >= 4 is 0 Å². The summed E-state index contributed by atoms with van der Waals surface area (Å²) >= 11 is 0. The fraction of sp³-hybridized carbons (Fsp3) is 0.556. The fourth-order valence-corrected chi connectivity index (χ4v) is 1.72. The van der Waals surface area contributed by atoms with Crippen molar-refractivity contribution in [2.75, 3.05) is 0 Å². The summed E-state index contributed by atoms with van der Waals surface area (Å²) < 4.78 is 37.0. The predicted molar refractivity (Wildman–Crippen MR) is 46.9 cm³/mol. The molecule has 0 aliphatic heterocycles. The van der Waals surface area contributed by atoms with Gasteiger partial charge in [0.2, 0.25) is 5.82 Å². The summed E-state index contributed by atoms with van der Waals surface area (Å²) in [5.74, 6) is -1.10. The Labute approximate surface area is 84.5 Å². The molecule has 6 heteroatoms. The summed E-state index contributed by atoms with van der Waals surface area (Å²) in [6, 6.07) is -0.391. The van der Waals surface area contributed by atoms with Crippen molar-refractivity contribution in [3.8, 4) is 0 Å². The fourth-order valence-electron chi connectivity index (χ4n) is 1.72. The molecule has 1 atom stereocenters. The second-order valence-electron chi connectivity index (χ2n) is 3.60. The lowest BCUT2D eigenvalue weighted by Gasteiger charge is -2.21. The molecule has 1 aromatic heterocycles. The average Bonchev–Trinajstić information content (AvgIpc) is 2.16. The number of halogens is 3. The predicted octanol–water partition coefficient (Wildman–Crippen LogP) is 1.83. The van der Waals surface area contributed by atoms with Gasteiger partial charge in [-0.25, -0.2) is 9.97 Å². The minimum absolute atomic E-state index is 0.351. The van der Waals surface area contributed by atoms with E-state index in [1.165, 1.54) is 6.20 Å². The van der Waals surface area contributed by atoms with Crippen molar-refractivity contribution in [3.63, 3.8) is 0 Å². The Morgan fingerprint density at radius 2 is 2.13 bits per heavy atom. The zero-order valence-electron chi connectivity index (χ0n) is 7.88. The number of aryl methyl sites for hydroxylation is 1. The number of alkyl halides is 3. The van der Waals surface area contributed by atoms with Gasteiger partial charge in [0, 0.05) is 12.2 Å². The van der Waals surface area contributed by atoms with Gasteiger partial charge in [-0.3, -0.25) is 0 Å². The Kier molecular flexibility index (Phi) is 2.38. The summed E-state index contributed by atoms with van der Waals surface area (Å²) in [6.07, 6.45) is -0.984. The van der Waals surface area contributed by atoms with E-state index in [1.807, 2.05) is 0 Å². The Bertz CT molecular complexity index is 375. The molecule has 82 valence electrons. The molecule has 0 saturated carbocycles. The van der Waals surface area contributed by atoms with Gasteiger partial charge in [-0.2, -0.15) is 13.2 Å². The molecule has 0 saturated heterocycles. The van der Waals surface area contributed by atoms with E-state index in [0.29, 0.717) is 18.5 Å². The summed E-state index contributed by atoms with van der Waals surface area (Å²) in [4.78, 5) is 6.81. The molecule has 0 radical (unpaired) electrons. The number of aromatic nitrogens is 2. The zero-order valence-corrected chi connectivity index (χ0v) is 7.88. The van der Waals surface area contributed by atoms with E-state index in [2.05, 4.69) is 9.97 Å². The van der Waals surface area contributed by atoms with E-state index in [-0.39, 0.29) is 0 Å². The first-order valence-electron chi connectivity index (χ1n) is 4.67. The van der Waals surface area contributed by atoms with Crippen LogP contribution in [0.15, 0.2) is 6.20 Å². The topological polar surface area (TPSA) is 51.8 Å². The van der Waals surface area contributed by atoms with Crippen LogP contribution in [-0.2, 0) is 12.6 Å². The van der Waals surface area contributed by atoms with E-state index in [4.69, 9.17) is 5.73 Å². The van der Waals surface area contributed by atoms with Crippen LogP contribution in [0.25, 0.3) is 0 Å². The van der Waals surface area contributed by atoms with Crippen molar-refractivity contribution in [2.24, 2.45) is 5.73 Å². The first kappa shape index (κ1) is 10.4. The molecule has 2 N–H and O–H groups in total. The molecular weight excluding hydrogens is 207 g/mol. The van der Waals surface area contributed by atoms with E-state index in [1.54, 1.807) is 0 Å². The Morgan fingerprint density at radius 1 is 1.40 bits per heavy atom. The molecule has 1 aromatic rings. The highest BCUT2D eigenvalue weighted by Crippen LogP contribution is 2.30. The first-order chi connectivity index (χ1) is 6.98. The van der Waals surface area contributed by atoms with Gasteiger partial charge in [0.15, 0.2) is 0 Å². The van der Waals surface area contributed by atoms with Crippen molar-refractivity contribution in [1.29, 1.82) is 0 Å². The molecule has 0 aromatic carbocycles. The van der Waals surface area contributed by atoms with Crippen molar-refractivity contribution in [1.82, 2.24) is 9.97 Å². The summed E-state index contributed by atoms with van der Waals surface area (Å²) in [7, 11) is 0. The lowest BCUT2D eigenvalue weighted by atomic mass is 9.93. The van der Waals surface area contributed by atoms with E-state index in [9.17, 15) is 13.2 Å². The standard InChI is InChI=1S/C9H10F3N3/c10-9(11,12)8-14-4-5-2-1-3-6(13)7(5)15-8/h4,6H,1-3,13H2. The SMILES string of the molecule is NC1CCCc2cnc(C(F)(F)F)nc21. The quantitative estimate of drug-likeness (QED) is 0.721. The van der Waals surface area contributed by atoms with Crippen molar-refractivity contribution in [3.05, 3.63) is 23.3 Å². The van der Waals surface area contributed by atoms with Gasteiger partial charge < -0.3 is 5.73 Å². The first-order valence-corrected chi connectivity index (χ1v) is 4.67. The van der Waals surface area contributed by atoms with Gasteiger partial charge in [0.25, 0.3) is 0 Å². The summed E-state index contributed by atoms with van der Waals surface area (Å²) in [5, 5.41) is 0. The highest BCUT2D eigenvalue weighted by molar-refractivity contribution is 5.24. The molecule has 2 rings (SSSR count). The number of hydrogen-bond acceptors (Lipinski definition) is 3. The second-order valence-corrected chi connectivity index (χ2v) is 3.60. The molecule has 0 amide bonds. The number of nitrogens with two attached hydrogens (primary N) is 1. The van der Waals surface area contributed by atoms with Crippen LogP contribution in [0, 0.1) is 0 Å². The zero-order chi connectivity index (χ0) is 11.1. The summed E-state index contributed by atoms with van der Waals surface area (Å²) in [5.41, 5.74) is 6.79. The van der Waals surface area contributed by atoms with Crippen molar-refractivity contribution < 1.29 is 13.2 Å². The minimum atomic E-state index is -4.49. The van der Waals surface area contributed by atoms with Crippen LogP contribution in [0.2, 0.25) is 0 Å². The second kappa shape index (κ2) is 3.44. The number of nitrogens with zero attached hydrogens (tertiary/aromatic N) is 2. The Hall–Kier alpha value is -1.17. The van der Waals surface area contributed by atoms with Gasteiger partial charge in [-0.05, 0) is 24.8 Å². The van der Waals surface area contributed by atoms with Crippen molar-refractivity contribution in [2.45, 2.75) is 31.5 Å². The van der Waals surface area contributed by atoms with Gasteiger partial charge in [0.1, 0.15) is 0 Å². The molecule has 1 unspecified atom stereocenters. The third-order valence-electron chi connectivity index (χ3n) is 2.46. The monoisotopic (exact) mass is 217 g/mol. The van der Waals surface area contributed by atoms with Gasteiger partial charge in [0.05, 0.1) is 5.69 Å². The molecule has 3 nitrogen and oxygen atoms in total. The maximum Gasteiger partial charge on any atom is 0.451 e. The van der Waals surface area contributed by atoms with Crippen LogP contribution in [0.5, 0.6) is 0 Å². The highest BCUT2D eigenvalue weighted by Gasteiger charge is 2.36. The third kappa shape index (κ3) is 1.94. The highest BCUT2D eigenvalue weighted by atomic mass is 19.4. The van der Waals surface area contributed by atoms with Crippen LogP contribution in [0.3, 0.4) is 0 Å². The number of hydrogen-bond donors (Lipinski definition) is 1. The molecule has 1 aliphatic carbocycles. The molecule has 0 spiro atoms. The lowest BCUT2D eigenvalue weighted by molar-refractivity contribution is -0.145. The van der Waals surface area contributed by atoms with Gasteiger partial charge in [-0.15, -0.1) is 0 Å². The van der Waals surface area contributed by atoms with Crippen LogP contribution in [0.4, 0.5) is 13.2 Å². The minimum Gasteiger partial charge on any atom is -0.323 e. The van der Waals surface area contributed by atoms with E-state index < -0.39 is 18.0 Å². The van der Waals surface area contributed by atoms with E-state index in [0.717, 1.165) is 12.0 Å². The molecule has 0 bridgehead atoms. The summed E-state index contributed by atoms with van der Waals surface area (Å²) in [6.45, 7) is 0. The number of fused-ring (bicyclic) bond motifs is 1. The lowest BCUT2D eigenvalue weighted by Crippen LogP contribution is -2.22. The van der Waals surface area contributed by atoms with E-state index >= 15 is 0 Å². The third-order valence-corrected chi connectivity index (χ3v) is 2.46. The van der Waals surface area contributed by atoms with Crippen LogP contribution in [0.1, 0.15) is 36.0 Å². The van der Waals surface area contributed by atoms with Crippen LogP contribution < -0.4 is 5.73 Å². The molecular formula is C9H10F3N3. The smallest absolute Gasteiger partial charge is 0.323 e. The molecule has 15 heavy (non-hydrogen) atoms. The molecule has 1 heterocycles.